The standard InChI is InChI=1S/C21H23F2N5O3S/c1-20(2,3)32(30,31)25-17(16-12-28(26-24-16)21(9-10-21)19(22)23)14-6-5-7-15-13(14)8-11-27(4)18(15)29/h5-8,11-12,19H,9-10H2,1-4H3/b25-17+. The first-order valence-corrected chi connectivity index (χ1v) is 11.5. The lowest BCUT2D eigenvalue weighted by Crippen LogP contribution is -2.27. The van der Waals surface area contributed by atoms with Crippen LogP contribution in [0.2, 0.25) is 0 Å². The van der Waals surface area contributed by atoms with Crippen LogP contribution in [-0.2, 0) is 22.6 Å². The van der Waals surface area contributed by atoms with E-state index in [1.54, 1.807) is 37.5 Å². The van der Waals surface area contributed by atoms with Crippen molar-refractivity contribution >= 4 is 26.5 Å². The summed E-state index contributed by atoms with van der Waals surface area (Å²) in [5.41, 5.74) is -1.34. The van der Waals surface area contributed by atoms with E-state index >= 15 is 0 Å². The number of fused-ring (bicyclic) bond motifs is 1. The molecular formula is C21H23F2N5O3S. The maximum absolute atomic E-state index is 13.6. The third-order valence-electron chi connectivity index (χ3n) is 5.72. The maximum atomic E-state index is 13.6. The lowest BCUT2D eigenvalue weighted by atomic mass is 10.0. The highest BCUT2D eigenvalue weighted by Crippen LogP contribution is 2.48. The zero-order valence-corrected chi connectivity index (χ0v) is 18.9. The van der Waals surface area contributed by atoms with Crippen LogP contribution in [0, 0.1) is 0 Å². The van der Waals surface area contributed by atoms with Crippen LogP contribution >= 0.6 is 0 Å². The van der Waals surface area contributed by atoms with Crippen LogP contribution in [0.3, 0.4) is 0 Å². The van der Waals surface area contributed by atoms with Gasteiger partial charge in [-0.3, -0.25) is 4.79 Å². The Bertz CT molecular complexity index is 1400. The Morgan fingerprint density at radius 1 is 1.19 bits per heavy atom. The number of alkyl halides is 2. The predicted octanol–water partition coefficient (Wildman–Crippen LogP) is 2.85. The quantitative estimate of drug-likeness (QED) is 0.542. The number of nitrogens with zero attached hydrogens (tertiary/aromatic N) is 5. The van der Waals surface area contributed by atoms with Crippen LogP contribution in [0.25, 0.3) is 10.8 Å². The zero-order chi connectivity index (χ0) is 23.5. The Labute approximate surface area is 183 Å². The fourth-order valence-corrected chi connectivity index (χ4v) is 4.04. The van der Waals surface area contributed by atoms with Crippen LogP contribution in [0.1, 0.15) is 44.9 Å². The molecule has 0 N–H and O–H groups in total. The summed E-state index contributed by atoms with van der Waals surface area (Å²) in [7, 11) is -2.42. The Hall–Kier alpha value is -2.95. The molecule has 0 radical (unpaired) electrons. The van der Waals surface area contributed by atoms with Gasteiger partial charge in [0.15, 0.2) is 0 Å². The molecule has 1 aromatic carbocycles. The van der Waals surface area contributed by atoms with E-state index in [2.05, 4.69) is 14.7 Å². The molecule has 8 nitrogen and oxygen atoms in total. The first-order chi connectivity index (χ1) is 14.9. The molecule has 170 valence electrons. The van der Waals surface area contributed by atoms with Gasteiger partial charge < -0.3 is 4.57 Å². The monoisotopic (exact) mass is 463 g/mol. The second kappa shape index (κ2) is 7.29. The average Bonchev–Trinajstić information content (AvgIpc) is 3.39. The third-order valence-corrected chi connectivity index (χ3v) is 7.69. The molecule has 0 spiro atoms. The highest BCUT2D eigenvalue weighted by atomic mass is 32.2. The van der Waals surface area contributed by atoms with Crippen molar-refractivity contribution in [3.8, 4) is 0 Å². The van der Waals surface area contributed by atoms with Gasteiger partial charge in [0.1, 0.15) is 16.9 Å². The molecule has 1 saturated carbocycles. The number of sulfonamides is 1. The normalized spacial score (nSPS) is 16.7. The Morgan fingerprint density at radius 2 is 1.88 bits per heavy atom. The van der Waals surface area contributed by atoms with Gasteiger partial charge in [-0.15, -0.1) is 5.10 Å². The van der Waals surface area contributed by atoms with E-state index < -0.39 is 26.7 Å². The SMILES string of the molecule is Cn1ccc2c(/C(=N\S(=O)(=O)C(C)(C)C)c3cn(C4(C(F)F)CC4)nn3)cccc2c1=O. The summed E-state index contributed by atoms with van der Waals surface area (Å²) in [4.78, 5) is 12.6. The van der Waals surface area contributed by atoms with Crippen molar-refractivity contribution in [2.24, 2.45) is 11.4 Å². The second-order valence-electron chi connectivity index (χ2n) is 8.98. The topological polar surface area (TPSA) is 99.2 Å². The summed E-state index contributed by atoms with van der Waals surface area (Å²) < 4.78 is 58.4. The van der Waals surface area contributed by atoms with E-state index in [1.807, 2.05) is 0 Å². The maximum Gasteiger partial charge on any atom is 0.263 e. The molecule has 2 aromatic heterocycles. The molecular weight excluding hydrogens is 440 g/mol. The molecule has 4 rings (SSSR count). The van der Waals surface area contributed by atoms with Gasteiger partial charge in [0, 0.05) is 24.2 Å². The molecule has 32 heavy (non-hydrogen) atoms. The van der Waals surface area contributed by atoms with Crippen molar-refractivity contribution in [2.75, 3.05) is 0 Å². The summed E-state index contributed by atoms with van der Waals surface area (Å²) >= 11 is 0. The average molecular weight is 464 g/mol. The molecule has 0 bridgehead atoms. The van der Waals surface area contributed by atoms with Gasteiger partial charge in [-0.05, 0) is 51.1 Å². The lowest BCUT2D eigenvalue weighted by Gasteiger charge is -2.17. The van der Waals surface area contributed by atoms with Crippen LogP contribution in [0.15, 0.2) is 45.9 Å². The van der Waals surface area contributed by atoms with E-state index in [1.165, 1.54) is 31.5 Å². The molecule has 0 unspecified atom stereocenters. The van der Waals surface area contributed by atoms with Crippen molar-refractivity contribution in [2.45, 2.75) is 50.3 Å². The predicted molar refractivity (Wildman–Crippen MR) is 117 cm³/mol. The van der Waals surface area contributed by atoms with Crippen molar-refractivity contribution in [1.82, 2.24) is 19.6 Å². The third kappa shape index (κ3) is 3.54. The molecule has 3 aromatic rings. The molecule has 0 amide bonds. The summed E-state index contributed by atoms with van der Waals surface area (Å²) in [6.07, 6.45) is 0.749. The van der Waals surface area contributed by atoms with Crippen molar-refractivity contribution in [3.05, 3.63) is 58.3 Å². The summed E-state index contributed by atoms with van der Waals surface area (Å²) in [5.74, 6) is 0. The molecule has 0 saturated heterocycles. The van der Waals surface area contributed by atoms with Crippen molar-refractivity contribution in [1.29, 1.82) is 0 Å². The fraction of sp³-hybridized carbons (Fsp3) is 0.429. The number of hydrogen-bond donors (Lipinski definition) is 0. The highest BCUT2D eigenvalue weighted by molar-refractivity contribution is 7.91. The van der Waals surface area contributed by atoms with E-state index in [0.29, 0.717) is 16.3 Å². The molecule has 1 fully saturated rings. The van der Waals surface area contributed by atoms with Crippen molar-refractivity contribution < 1.29 is 17.2 Å². The molecule has 0 aliphatic heterocycles. The van der Waals surface area contributed by atoms with Crippen LogP contribution in [0.5, 0.6) is 0 Å². The minimum Gasteiger partial charge on any atom is -0.318 e. The zero-order valence-electron chi connectivity index (χ0n) is 18.1. The first-order valence-electron chi connectivity index (χ1n) is 10.0. The van der Waals surface area contributed by atoms with Crippen LogP contribution < -0.4 is 5.56 Å². The largest absolute Gasteiger partial charge is 0.318 e. The van der Waals surface area contributed by atoms with E-state index in [9.17, 15) is 22.0 Å². The number of pyridine rings is 1. The molecule has 2 heterocycles. The smallest absolute Gasteiger partial charge is 0.263 e. The number of aromatic nitrogens is 4. The Balaban J connectivity index is 1.98. The van der Waals surface area contributed by atoms with Crippen LogP contribution in [-0.4, -0.2) is 44.9 Å². The molecule has 1 aliphatic rings. The molecule has 0 atom stereocenters. The first kappa shape index (κ1) is 22.3. The van der Waals surface area contributed by atoms with Gasteiger partial charge in [0.05, 0.1) is 10.9 Å². The summed E-state index contributed by atoms with van der Waals surface area (Å²) in [6, 6.07) is 6.54. The van der Waals surface area contributed by atoms with Gasteiger partial charge in [-0.2, -0.15) is 4.40 Å². The second-order valence-corrected chi connectivity index (χ2v) is 11.3. The van der Waals surface area contributed by atoms with E-state index in [-0.39, 0.29) is 29.8 Å². The lowest BCUT2D eigenvalue weighted by molar-refractivity contribution is 0.0593. The van der Waals surface area contributed by atoms with Gasteiger partial charge in [-0.1, -0.05) is 17.3 Å². The van der Waals surface area contributed by atoms with Crippen LogP contribution in [0.4, 0.5) is 8.78 Å². The minimum absolute atomic E-state index is 0.0397. The summed E-state index contributed by atoms with van der Waals surface area (Å²) in [5, 5.41) is 8.71. The van der Waals surface area contributed by atoms with E-state index in [0.717, 1.165) is 4.68 Å². The summed E-state index contributed by atoms with van der Waals surface area (Å²) in [6.45, 7) is 4.53. The van der Waals surface area contributed by atoms with E-state index in [4.69, 9.17) is 0 Å². The fourth-order valence-electron chi connectivity index (χ4n) is 3.34. The van der Waals surface area contributed by atoms with Gasteiger partial charge in [0.25, 0.3) is 22.0 Å². The van der Waals surface area contributed by atoms with Crippen molar-refractivity contribution in [3.63, 3.8) is 0 Å². The minimum atomic E-state index is -4.03. The van der Waals surface area contributed by atoms with Gasteiger partial charge in [-0.25, -0.2) is 21.9 Å². The van der Waals surface area contributed by atoms with Gasteiger partial charge in [0.2, 0.25) is 0 Å². The number of benzene rings is 1. The number of aryl methyl sites for hydroxylation is 1. The molecule has 11 heteroatoms. The number of rotatable bonds is 5. The Morgan fingerprint density at radius 3 is 2.47 bits per heavy atom. The number of hydrogen-bond acceptors (Lipinski definition) is 5. The number of halogens is 2. The molecule has 1 aliphatic carbocycles. The highest BCUT2D eigenvalue weighted by Gasteiger charge is 2.54. The van der Waals surface area contributed by atoms with Gasteiger partial charge >= 0.3 is 0 Å². The Kier molecular flexibility index (Phi) is 5.07.